The first-order valence-electron chi connectivity index (χ1n) is 3.16. The smallest absolute Gasteiger partial charge is 0.290 e. The lowest BCUT2D eigenvalue weighted by atomic mass is 9.94. The van der Waals surface area contributed by atoms with E-state index in [0.29, 0.717) is 5.01 Å². The lowest BCUT2D eigenvalue weighted by Crippen LogP contribution is -2.69. The average Bonchev–Trinajstić information content (AvgIpc) is 1.84. The Bertz CT molecular complexity index is 223. The van der Waals surface area contributed by atoms with Crippen LogP contribution in [0.1, 0.15) is 0 Å². The van der Waals surface area contributed by atoms with E-state index < -0.39 is 22.1 Å². The monoisotopic (exact) mass is 177 g/mol. The Hall–Kier alpha value is -1.44. The summed E-state index contributed by atoms with van der Waals surface area (Å²) in [6.07, 6.45) is 0. The fraction of sp³-hybridized carbons (Fsp3) is 1.00. The topological polar surface area (TPSA) is 110 Å². The molecule has 0 spiro atoms. The Labute approximate surface area is 66.7 Å². The molecule has 1 aliphatic heterocycles. The number of nitro groups is 2. The molecule has 0 aromatic rings. The van der Waals surface area contributed by atoms with E-state index in [1.165, 1.54) is 0 Å². The van der Waals surface area contributed by atoms with Crippen LogP contribution in [0.5, 0.6) is 0 Å². The number of hydrazine groups is 1. The van der Waals surface area contributed by atoms with E-state index in [-0.39, 0.29) is 13.1 Å². The van der Waals surface area contributed by atoms with E-state index in [4.69, 9.17) is 5.11 Å². The predicted octanol–water partition coefficient (Wildman–Crippen LogP) is -1.50. The van der Waals surface area contributed by atoms with Gasteiger partial charge in [-0.15, -0.1) is 5.01 Å². The predicted molar refractivity (Wildman–Crippen MR) is 35.4 cm³/mol. The summed E-state index contributed by atoms with van der Waals surface area (Å²) in [5.41, 5.74) is -1.52. The molecule has 1 fully saturated rings. The molecule has 12 heavy (non-hydrogen) atoms. The second-order valence-electron chi connectivity index (χ2n) is 2.70. The van der Waals surface area contributed by atoms with Gasteiger partial charge in [-0.25, -0.2) is 10.1 Å². The van der Waals surface area contributed by atoms with Crippen molar-refractivity contribution in [1.29, 1.82) is 0 Å². The second kappa shape index (κ2) is 2.55. The van der Waals surface area contributed by atoms with Crippen LogP contribution in [0.15, 0.2) is 0 Å². The SMILES string of the molecule is O=[N+]([O-])N1CC(CO)([N+](=O)[O-])C1. The van der Waals surface area contributed by atoms with Crippen LogP contribution in [0.25, 0.3) is 0 Å². The molecule has 0 radical (unpaired) electrons. The van der Waals surface area contributed by atoms with E-state index in [0.717, 1.165) is 0 Å². The molecule has 0 saturated carbocycles. The maximum atomic E-state index is 10.3. The van der Waals surface area contributed by atoms with E-state index in [9.17, 15) is 20.2 Å². The van der Waals surface area contributed by atoms with Crippen molar-refractivity contribution in [3.63, 3.8) is 0 Å². The summed E-state index contributed by atoms with van der Waals surface area (Å²) < 4.78 is 0. The van der Waals surface area contributed by atoms with Crippen LogP contribution in [0.4, 0.5) is 0 Å². The standard InChI is InChI=1S/C4H7N3O5/c8-3-4(6(9)10)1-5(2-4)7(11)12/h8H,1-3H2. The van der Waals surface area contributed by atoms with Crippen molar-refractivity contribution in [3.05, 3.63) is 20.2 Å². The van der Waals surface area contributed by atoms with Crippen LogP contribution in [-0.4, -0.2) is 45.3 Å². The van der Waals surface area contributed by atoms with Gasteiger partial charge in [-0.05, 0) is 0 Å². The molecular weight excluding hydrogens is 170 g/mol. The molecular formula is C4H7N3O5. The van der Waals surface area contributed by atoms with Crippen molar-refractivity contribution < 1.29 is 15.1 Å². The first-order chi connectivity index (χ1) is 5.52. The van der Waals surface area contributed by atoms with E-state index in [1.54, 1.807) is 0 Å². The molecule has 0 bridgehead atoms. The molecule has 0 aromatic carbocycles. The number of hydrogen-bond acceptors (Lipinski definition) is 5. The van der Waals surface area contributed by atoms with Gasteiger partial charge in [0.2, 0.25) is 0 Å². The summed E-state index contributed by atoms with van der Waals surface area (Å²) in [5, 5.41) is 28.9. The van der Waals surface area contributed by atoms with Gasteiger partial charge < -0.3 is 5.11 Å². The van der Waals surface area contributed by atoms with Crippen LogP contribution < -0.4 is 0 Å². The molecule has 0 aromatic heterocycles. The lowest BCUT2D eigenvalue weighted by molar-refractivity contribution is -0.722. The minimum absolute atomic E-state index is 0.330. The highest BCUT2D eigenvalue weighted by molar-refractivity contribution is 4.91. The van der Waals surface area contributed by atoms with Gasteiger partial charge in [-0.1, -0.05) is 0 Å². The quantitative estimate of drug-likeness (QED) is 0.415. The summed E-state index contributed by atoms with van der Waals surface area (Å²) in [5.74, 6) is 0. The zero-order valence-corrected chi connectivity index (χ0v) is 6.04. The summed E-state index contributed by atoms with van der Waals surface area (Å²) in [6, 6.07) is 0. The fourth-order valence-electron chi connectivity index (χ4n) is 1.02. The van der Waals surface area contributed by atoms with Gasteiger partial charge in [0.05, 0.1) is 0 Å². The summed E-state index contributed by atoms with van der Waals surface area (Å²) >= 11 is 0. The summed E-state index contributed by atoms with van der Waals surface area (Å²) in [7, 11) is 0. The van der Waals surface area contributed by atoms with Crippen LogP contribution in [0.3, 0.4) is 0 Å². The number of nitrogens with zero attached hydrogens (tertiary/aromatic N) is 3. The van der Waals surface area contributed by atoms with Gasteiger partial charge in [0.15, 0.2) is 18.1 Å². The highest BCUT2D eigenvalue weighted by Gasteiger charge is 2.59. The minimum Gasteiger partial charge on any atom is -0.389 e. The van der Waals surface area contributed by atoms with Gasteiger partial charge in [-0.3, -0.25) is 10.1 Å². The van der Waals surface area contributed by atoms with Gasteiger partial charge in [0, 0.05) is 4.92 Å². The molecule has 68 valence electrons. The first-order valence-corrected chi connectivity index (χ1v) is 3.16. The van der Waals surface area contributed by atoms with Crippen molar-refractivity contribution in [1.82, 2.24) is 5.01 Å². The highest BCUT2D eigenvalue weighted by Crippen LogP contribution is 2.23. The van der Waals surface area contributed by atoms with Crippen molar-refractivity contribution in [3.8, 4) is 0 Å². The van der Waals surface area contributed by atoms with Crippen LogP contribution in [0.2, 0.25) is 0 Å². The van der Waals surface area contributed by atoms with Crippen LogP contribution in [0, 0.1) is 20.2 Å². The summed E-state index contributed by atoms with van der Waals surface area (Å²) in [6.45, 7) is -1.32. The molecule has 1 N–H and O–H groups in total. The van der Waals surface area contributed by atoms with E-state index in [1.807, 2.05) is 0 Å². The Morgan fingerprint density at radius 3 is 2.17 bits per heavy atom. The van der Waals surface area contributed by atoms with E-state index >= 15 is 0 Å². The summed E-state index contributed by atoms with van der Waals surface area (Å²) in [4.78, 5) is 19.7. The van der Waals surface area contributed by atoms with Crippen molar-refractivity contribution in [2.45, 2.75) is 5.54 Å². The molecule has 1 aliphatic rings. The maximum absolute atomic E-state index is 10.3. The molecule has 0 unspecified atom stereocenters. The Kier molecular flexibility index (Phi) is 1.84. The molecule has 8 nitrogen and oxygen atoms in total. The zero-order valence-electron chi connectivity index (χ0n) is 6.04. The van der Waals surface area contributed by atoms with Gasteiger partial charge in [-0.2, -0.15) is 0 Å². The molecule has 1 saturated heterocycles. The molecule has 0 aliphatic carbocycles. The molecule has 0 atom stereocenters. The maximum Gasteiger partial charge on any atom is 0.290 e. The number of aliphatic hydroxyl groups excluding tert-OH is 1. The number of hydrogen-bond donors (Lipinski definition) is 1. The number of rotatable bonds is 3. The van der Waals surface area contributed by atoms with Gasteiger partial charge >= 0.3 is 0 Å². The Morgan fingerprint density at radius 2 is 1.92 bits per heavy atom. The molecule has 0 amide bonds. The van der Waals surface area contributed by atoms with Crippen molar-refractivity contribution in [2.24, 2.45) is 0 Å². The largest absolute Gasteiger partial charge is 0.389 e. The first kappa shape index (κ1) is 8.65. The third-order valence-corrected chi connectivity index (χ3v) is 1.87. The average molecular weight is 177 g/mol. The van der Waals surface area contributed by atoms with Gasteiger partial charge in [0.1, 0.15) is 6.61 Å². The molecule has 1 heterocycles. The third kappa shape index (κ3) is 1.05. The Balaban J connectivity index is 2.58. The molecule has 1 rings (SSSR count). The van der Waals surface area contributed by atoms with Crippen molar-refractivity contribution in [2.75, 3.05) is 19.7 Å². The molecule has 8 heteroatoms. The third-order valence-electron chi connectivity index (χ3n) is 1.87. The highest BCUT2D eigenvalue weighted by atomic mass is 16.7. The zero-order chi connectivity index (χ0) is 9.35. The minimum atomic E-state index is -1.52. The fourth-order valence-corrected chi connectivity index (χ4v) is 1.02. The normalized spacial score (nSPS) is 19.9. The Morgan fingerprint density at radius 1 is 1.42 bits per heavy atom. The van der Waals surface area contributed by atoms with Gasteiger partial charge in [0.25, 0.3) is 5.54 Å². The number of aliphatic hydroxyl groups is 1. The lowest BCUT2D eigenvalue weighted by Gasteiger charge is -2.35. The van der Waals surface area contributed by atoms with Crippen LogP contribution in [-0.2, 0) is 0 Å². The van der Waals surface area contributed by atoms with E-state index in [2.05, 4.69) is 0 Å². The second-order valence-corrected chi connectivity index (χ2v) is 2.70. The van der Waals surface area contributed by atoms with Crippen molar-refractivity contribution >= 4 is 0 Å². The van der Waals surface area contributed by atoms with Crippen LogP contribution >= 0.6 is 0 Å².